The fraction of sp³-hybridized carbons (Fsp3) is 0.750. The largest absolute Gasteiger partial charge is 2.00 e. The van der Waals surface area contributed by atoms with Crippen molar-refractivity contribution in [2.75, 3.05) is 5.94 Å². The van der Waals surface area contributed by atoms with Gasteiger partial charge in [0.25, 0.3) is 0 Å². The summed E-state index contributed by atoms with van der Waals surface area (Å²) in [4.78, 5) is 10.3. The summed E-state index contributed by atoms with van der Waals surface area (Å²) in [5, 5.41) is 0. The summed E-state index contributed by atoms with van der Waals surface area (Å²) >= 11 is 0. The van der Waals surface area contributed by atoms with Gasteiger partial charge >= 0.3 is 53.8 Å². The van der Waals surface area contributed by atoms with Crippen molar-refractivity contribution in [2.24, 2.45) is 0 Å². The molecule has 0 aliphatic carbocycles. The van der Waals surface area contributed by atoms with Crippen LogP contribution < -0.4 is 0 Å². The van der Waals surface area contributed by atoms with E-state index in [0.29, 0.717) is 0 Å². The molecule has 0 aromatic heterocycles. The normalized spacial score (nSPS) is 10.0. The van der Waals surface area contributed by atoms with Crippen LogP contribution >= 0.6 is 0 Å². The number of carbonyl (C=O) groups excluding carboxylic acids is 1. The number of esters is 1. The van der Waals surface area contributed by atoms with E-state index < -0.39 is 22.0 Å². The molecule has 0 atom stereocenters. The molecule has 0 saturated carbocycles. The van der Waals surface area contributed by atoms with Gasteiger partial charge in [0.05, 0.1) is 0 Å². The molecule has 0 heterocycles. The zero-order valence-corrected chi connectivity index (χ0v) is 9.13. The van der Waals surface area contributed by atoms with Crippen molar-refractivity contribution in [2.45, 2.75) is 13.3 Å². The molecule has 0 fully saturated rings. The predicted molar refractivity (Wildman–Crippen MR) is 40.8 cm³/mol. The molecule has 11 heavy (non-hydrogen) atoms. The molecule has 0 radical (unpaired) electrons. The van der Waals surface area contributed by atoms with E-state index in [2.05, 4.69) is 4.74 Å². The van der Waals surface area contributed by atoms with Gasteiger partial charge in [-0.25, -0.2) is 0 Å². The summed E-state index contributed by atoms with van der Waals surface area (Å²) in [5.74, 6) is -1.61. The van der Waals surface area contributed by atoms with E-state index in [9.17, 15) is 13.2 Å². The topological polar surface area (TPSA) is 80.7 Å². The summed E-state index contributed by atoms with van der Waals surface area (Å²) < 4.78 is 32.0. The van der Waals surface area contributed by atoms with Crippen molar-refractivity contribution >= 4 is 53.8 Å². The number of rotatable bonds is 3. The first-order chi connectivity index (χ1) is 4.45. The van der Waals surface area contributed by atoms with Crippen molar-refractivity contribution in [3.05, 3.63) is 0 Å². The Kier molecular flexibility index (Phi) is 7.98. The van der Waals surface area contributed by atoms with Crippen LogP contribution in [0.4, 0.5) is 0 Å². The minimum absolute atomic E-state index is 0. The molecule has 5 nitrogen and oxygen atoms in total. The van der Waals surface area contributed by atoms with Gasteiger partial charge in [0.1, 0.15) is 0 Å². The molecule has 0 saturated heterocycles. The van der Waals surface area contributed by atoms with Gasteiger partial charge in [0.2, 0.25) is 5.94 Å². The summed E-state index contributed by atoms with van der Waals surface area (Å²) in [5.41, 5.74) is 0. The third-order valence-electron chi connectivity index (χ3n) is 0.658. The van der Waals surface area contributed by atoms with Gasteiger partial charge in [-0.05, 0) is 0 Å². The molecular formula is C4H10CaO5S. The van der Waals surface area contributed by atoms with Crippen LogP contribution in [0.2, 0.25) is 0 Å². The molecule has 0 bridgehead atoms. The van der Waals surface area contributed by atoms with Gasteiger partial charge in [-0.3, -0.25) is 9.35 Å². The summed E-state index contributed by atoms with van der Waals surface area (Å²) in [6.07, 6.45) is 0.0928. The van der Waals surface area contributed by atoms with Crippen molar-refractivity contribution in [3.63, 3.8) is 0 Å². The van der Waals surface area contributed by atoms with Crippen LogP contribution in [0.3, 0.4) is 0 Å². The molecule has 7 heteroatoms. The van der Waals surface area contributed by atoms with E-state index in [4.69, 9.17) is 4.55 Å². The SMILES string of the molecule is CCC(=O)OCS(=O)(=O)O.[Ca+2].[H-].[H-]. The molecule has 0 rings (SSSR count). The van der Waals surface area contributed by atoms with Crippen LogP contribution in [0, 0.1) is 0 Å². The minimum atomic E-state index is -4.17. The quantitative estimate of drug-likeness (QED) is 0.390. The number of ether oxygens (including phenoxy) is 1. The van der Waals surface area contributed by atoms with E-state index in [1.807, 2.05) is 0 Å². The van der Waals surface area contributed by atoms with Crippen molar-refractivity contribution in [1.82, 2.24) is 0 Å². The van der Waals surface area contributed by atoms with Gasteiger partial charge in [-0.1, -0.05) is 6.92 Å². The fourth-order valence-corrected chi connectivity index (χ4v) is 0.523. The summed E-state index contributed by atoms with van der Waals surface area (Å²) in [6, 6.07) is 0. The van der Waals surface area contributed by atoms with E-state index in [0.717, 1.165) is 0 Å². The fourth-order valence-electron chi connectivity index (χ4n) is 0.242. The number of hydrogen-bond acceptors (Lipinski definition) is 4. The van der Waals surface area contributed by atoms with E-state index in [1.54, 1.807) is 0 Å². The summed E-state index contributed by atoms with van der Waals surface area (Å²) in [6.45, 7) is 1.52. The molecule has 0 aliphatic heterocycles. The van der Waals surface area contributed by atoms with Crippen LogP contribution in [0.15, 0.2) is 0 Å². The zero-order valence-electron chi connectivity index (χ0n) is 8.11. The van der Waals surface area contributed by atoms with Gasteiger partial charge in [0, 0.05) is 6.42 Å². The first-order valence-electron chi connectivity index (χ1n) is 2.56. The Morgan fingerprint density at radius 2 is 2.09 bits per heavy atom. The average molecular weight is 210 g/mol. The maximum atomic E-state index is 10.3. The van der Waals surface area contributed by atoms with Crippen LogP contribution in [0.1, 0.15) is 16.2 Å². The Bertz CT molecular complexity index is 217. The number of carbonyl (C=O) groups is 1. The van der Waals surface area contributed by atoms with Gasteiger partial charge < -0.3 is 7.59 Å². The molecule has 64 valence electrons. The van der Waals surface area contributed by atoms with Gasteiger partial charge in [-0.2, -0.15) is 8.42 Å². The summed E-state index contributed by atoms with van der Waals surface area (Å²) in [7, 11) is -4.17. The Morgan fingerprint density at radius 3 is 2.36 bits per heavy atom. The Morgan fingerprint density at radius 1 is 1.64 bits per heavy atom. The second-order valence-electron chi connectivity index (χ2n) is 1.57. The van der Waals surface area contributed by atoms with Crippen LogP contribution in [-0.2, 0) is 19.6 Å². The Balaban J connectivity index is -0.000000135. The van der Waals surface area contributed by atoms with Crippen LogP contribution in [0.25, 0.3) is 0 Å². The minimum Gasteiger partial charge on any atom is -1.00 e. The molecule has 0 aliphatic rings. The van der Waals surface area contributed by atoms with E-state index >= 15 is 0 Å². The molecule has 1 N–H and O–H groups in total. The van der Waals surface area contributed by atoms with Crippen LogP contribution in [-0.4, -0.2) is 62.6 Å². The van der Waals surface area contributed by atoms with E-state index in [-0.39, 0.29) is 47.0 Å². The molecule has 0 unspecified atom stereocenters. The zero-order chi connectivity index (χ0) is 8.20. The maximum absolute atomic E-state index is 10.3. The molecular weight excluding hydrogens is 200 g/mol. The third-order valence-corrected chi connectivity index (χ3v) is 1.07. The van der Waals surface area contributed by atoms with Crippen molar-refractivity contribution in [1.29, 1.82) is 0 Å². The average Bonchev–Trinajstić information content (AvgIpc) is 1.81. The second kappa shape index (κ2) is 6.19. The first-order valence-corrected chi connectivity index (χ1v) is 4.17. The monoisotopic (exact) mass is 210 g/mol. The van der Waals surface area contributed by atoms with Crippen molar-refractivity contribution < 1.29 is 25.4 Å². The smallest absolute Gasteiger partial charge is 1.00 e. The van der Waals surface area contributed by atoms with Gasteiger partial charge in [-0.15, -0.1) is 0 Å². The predicted octanol–water partition coefficient (Wildman–Crippen LogP) is -0.371. The second-order valence-corrected chi connectivity index (χ2v) is 2.97. The van der Waals surface area contributed by atoms with E-state index in [1.165, 1.54) is 6.92 Å². The van der Waals surface area contributed by atoms with Gasteiger partial charge in [0.15, 0.2) is 0 Å². The molecule has 0 spiro atoms. The number of hydrogen-bond donors (Lipinski definition) is 1. The Labute approximate surface area is 97.8 Å². The molecule has 0 aromatic carbocycles. The Hall–Kier alpha value is 0.640. The molecule has 0 amide bonds. The third kappa shape index (κ3) is 10.6. The van der Waals surface area contributed by atoms with Crippen LogP contribution in [0.5, 0.6) is 0 Å². The van der Waals surface area contributed by atoms with Crippen molar-refractivity contribution in [3.8, 4) is 0 Å². The standard InChI is InChI=1S/C4H8O5S.Ca.2H/c1-2-4(5)9-3-10(6,7)8;;;/h2-3H2,1H3,(H,6,7,8);;;/q;+2;2*-1. The maximum Gasteiger partial charge on any atom is 2.00 e. The first kappa shape index (κ1) is 14.2. The molecule has 0 aromatic rings.